The van der Waals surface area contributed by atoms with Crippen LogP contribution in [0.1, 0.15) is 0 Å². The van der Waals surface area contributed by atoms with Crippen molar-refractivity contribution < 1.29 is 86.2 Å². The largest absolute Gasteiger partial charge is 0 e. The molecule has 0 aliphatic rings. The van der Waals surface area contributed by atoms with Gasteiger partial charge in [-0.2, -0.15) is 0 Å². The summed E-state index contributed by atoms with van der Waals surface area (Å²) in [5, 5.41) is 0. The summed E-state index contributed by atoms with van der Waals surface area (Å²) < 4.78 is 0. The number of rotatable bonds is 0. The van der Waals surface area contributed by atoms with E-state index in [0.717, 1.165) is 0 Å². The molecule has 0 spiro atoms. The number of hydrogen-bond acceptors (Lipinski definition) is 0. The molecule has 21 valence electrons. The van der Waals surface area contributed by atoms with Crippen LogP contribution < -0.4 is 0 Å². The van der Waals surface area contributed by atoms with Crippen LogP contribution in [0, 0.1) is 0 Å². The van der Waals surface area contributed by atoms with Crippen LogP contribution in [-0.2, 0) is 86.2 Å². The van der Waals surface area contributed by atoms with Crippen molar-refractivity contribution in [2.45, 2.75) is 0 Å². The third-order valence-electron chi connectivity index (χ3n) is 0. The van der Waals surface area contributed by atoms with Gasteiger partial charge in [0, 0.05) is 86.2 Å². The first-order valence-corrected chi connectivity index (χ1v) is 0. The van der Waals surface area contributed by atoms with Gasteiger partial charge < -0.3 is 0 Å². The SMILES string of the molecule is [Mo].[Ta].[Ti].[W]. The standard InChI is InChI=1S/Mo.Ta.Ti.W. The zero-order valence-corrected chi connectivity index (χ0v) is 11.5. The molecule has 0 aliphatic carbocycles. The van der Waals surface area contributed by atoms with Crippen LogP contribution in [0.15, 0.2) is 0 Å². The van der Waals surface area contributed by atoms with Crippen molar-refractivity contribution in [3.05, 3.63) is 0 Å². The molecule has 0 unspecified atom stereocenters. The minimum atomic E-state index is 0. The van der Waals surface area contributed by atoms with Crippen LogP contribution in [0.25, 0.3) is 0 Å². The van der Waals surface area contributed by atoms with Crippen molar-refractivity contribution in [3.8, 4) is 0 Å². The molecular formula is MoTaTiW. The molecule has 0 saturated heterocycles. The van der Waals surface area contributed by atoms with Crippen molar-refractivity contribution in [1.82, 2.24) is 0 Å². The van der Waals surface area contributed by atoms with E-state index in [1.54, 1.807) is 0 Å². The molecular weight excluding hydrogens is 509 g/mol. The summed E-state index contributed by atoms with van der Waals surface area (Å²) in [6.07, 6.45) is 0. The molecule has 0 fully saturated rings. The molecule has 0 amide bonds. The monoisotopic (exact) mass is 511 g/mol. The Morgan fingerprint density at radius 3 is 1.00 bits per heavy atom. The van der Waals surface area contributed by atoms with Crippen LogP contribution in [0.4, 0.5) is 0 Å². The van der Waals surface area contributed by atoms with E-state index in [9.17, 15) is 0 Å². The molecule has 4 heavy (non-hydrogen) atoms. The van der Waals surface area contributed by atoms with E-state index in [2.05, 4.69) is 0 Å². The van der Waals surface area contributed by atoms with Gasteiger partial charge in [0.15, 0.2) is 0 Å². The smallest absolute Gasteiger partial charge is 0 e. The summed E-state index contributed by atoms with van der Waals surface area (Å²) in [6, 6.07) is 0. The Morgan fingerprint density at radius 1 is 1.00 bits per heavy atom. The maximum Gasteiger partial charge on any atom is 0 e. The first-order chi connectivity index (χ1) is 0. The van der Waals surface area contributed by atoms with Gasteiger partial charge in [0.05, 0.1) is 0 Å². The third-order valence-corrected chi connectivity index (χ3v) is 0. The Kier molecular flexibility index (Phi) is 123. The van der Waals surface area contributed by atoms with E-state index in [4.69, 9.17) is 0 Å². The maximum absolute atomic E-state index is 0. The minimum Gasteiger partial charge on any atom is 0 e. The first kappa shape index (κ1) is 29.0. The van der Waals surface area contributed by atoms with Crippen LogP contribution in [0.2, 0.25) is 0 Å². The predicted molar refractivity (Wildman–Crippen MR) is 0 cm³/mol. The summed E-state index contributed by atoms with van der Waals surface area (Å²) in [6.45, 7) is 0. The molecule has 0 heterocycles. The van der Waals surface area contributed by atoms with E-state index >= 15 is 0 Å². The molecule has 0 atom stereocenters. The summed E-state index contributed by atoms with van der Waals surface area (Å²) in [4.78, 5) is 0. The fraction of sp³-hybridized carbons (Fsp3) is 0. The second kappa shape index (κ2) is 17.0. The topological polar surface area (TPSA) is 0 Å². The molecule has 0 aromatic carbocycles. The van der Waals surface area contributed by atoms with E-state index in [1.807, 2.05) is 0 Å². The fourth-order valence-corrected chi connectivity index (χ4v) is 0. The van der Waals surface area contributed by atoms with Crippen molar-refractivity contribution in [2.75, 3.05) is 0 Å². The summed E-state index contributed by atoms with van der Waals surface area (Å²) in [5.74, 6) is 0. The Morgan fingerprint density at radius 2 is 1.00 bits per heavy atom. The van der Waals surface area contributed by atoms with Crippen molar-refractivity contribution in [1.29, 1.82) is 0 Å². The van der Waals surface area contributed by atoms with Gasteiger partial charge in [-0.25, -0.2) is 0 Å². The van der Waals surface area contributed by atoms with E-state index < -0.39 is 0 Å². The Labute approximate surface area is 84.8 Å². The summed E-state index contributed by atoms with van der Waals surface area (Å²) in [7, 11) is 0. The normalized spacial score (nSPS) is 0. The van der Waals surface area contributed by atoms with Crippen molar-refractivity contribution in [2.24, 2.45) is 0 Å². The predicted octanol–water partition coefficient (Wildman–Crippen LogP) is -0.0100. The van der Waals surface area contributed by atoms with E-state index in [1.165, 1.54) is 0 Å². The second-order valence-electron chi connectivity index (χ2n) is 0. The van der Waals surface area contributed by atoms with Crippen molar-refractivity contribution >= 4 is 0 Å². The second-order valence-corrected chi connectivity index (χ2v) is 0. The zero-order chi connectivity index (χ0) is 0. The summed E-state index contributed by atoms with van der Waals surface area (Å²) >= 11 is 0. The average molecular weight is 509 g/mol. The van der Waals surface area contributed by atoms with Crippen LogP contribution >= 0.6 is 0 Å². The van der Waals surface area contributed by atoms with Crippen molar-refractivity contribution in [3.63, 3.8) is 0 Å². The molecule has 0 bridgehead atoms. The molecule has 0 N–H and O–H groups in total. The van der Waals surface area contributed by atoms with Gasteiger partial charge in [-0.15, -0.1) is 0 Å². The quantitative estimate of drug-likeness (QED) is 0.404. The van der Waals surface area contributed by atoms with Gasteiger partial charge in [0.1, 0.15) is 0 Å². The van der Waals surface area contributed by atoms with Crippen LogP contribution in [0.5, 0.6) is 0 Å². The van der Waals surface area contributed by atoms with Gasteiger partial charge >= 0.3 is 0 Å². The minimum absolute atomic E-state index is 0. The molecule has 0 rings (SSSR count). The molecule has 0 aromatic rings. The van der Waals surface area contributed by atoms with E-state index in [-0.39, 0.29) is 86.2 Å². The summed E-state index contributed by atoms with van der Waals surface area (Å²) in [5.41, 5.74) is 0. The molecule has 1 radical (unpaired) electrons. The van der Waals surface area contributed by atoms with Crippen LogP contribution in [0.3, 0.4) is 0 Å². The van der Waals surface area contributed by atoms with Gasteiger partial charge in [0.2, 0.25) is 0 Å². The average Bonchev–Trinajstić information content (AvgIpc) is 0. The molecule has 0 saturated carbocycles. The van der Waals surface area contributed by atoms with Gasteiger partial charge in [-0.1, -0.05) is 0 Å². The van der Waals surface area contributed by atoms with Crippen LogP contribution in [-0.4, -0.2) is 0 Å². The Bertz CT molecular complexity index is 8.00. The number of hydrogen-bond donors (Lipinski definition) is 0. The Balaban J connectivity index is 0. The van der Waals surface area contributed by atoms with Gasteiger partial charge in [0.25, 0.3) is 0 Å². The van der Waals surface area contributed by atoms with E-state index in [0.29, 0.717) is 0 Å². The fourth-order valence-electron chi connectivity index (χ4n) is 0. The first-order valence-electron chi connectivity index (χ1n) is 0. The van der Waals surface area contributed by atoms with Gasteiger partial charge in [-0.3, -0.25) is 0 Å². The molecule has 0 nitrogen and oxygen atoms in total. The molecule has 0 aromatic heterocycles. The van der Waals surface area contributed by atoms with Gasteiger partial charge in [-0.05, 0) is 0 Å². The molecule has 4 heteroatoms. The maximum atomic E-state index is 0. The molecule has 0 aliphatic heterocycles. The Hall–Kier alpha value is 2.83. The third kappa shape index (κ3) is 8.85. The zero-order valence-electron chi connectivity index (χ0n) is 1.76.